The van der Waals surface area contributed by atoms with Crippen molar-refractivity contribution >= 4 is 18.1 Å². The molecule has 3 aromatic rings. The van der Waals surface area contributed by atoms with E-state index in [4.69, 9.17) is 14.2 Å². The first kappa shape index (κ1) is 36.8. The first-order valence-electron chi connectivity index (χ1n) is 17.1. The lowest BCUT2D eigenvalue weighted by atomic mass is 9.72. The number of pyridine rings is 1. The summed E-state index contributed by atoms with van der Waals surface area (Å²) in [6.07, 6.45) is -0.851. The molecule has 2 aliphatic rings. The van der Waals surface area contributed by atoms with Crippen molar-refractivity contribution in [2.45, 2.75) is 76.5 Å². The number of carbonyl (C=O) groups is 3. The number of amides is 3. The Hall–Kier alpha value is -4.52. The standard InChI is InChI=1S/C38H48N4O8/c1-38(2,3)33(42-37(47)48-4)34(44)40-30(21-31(43)29(41-36(45)46)20-23-10-6-5-7-11-23)32(27-22-50-35-26(27)17-19-49-35)25-15-13-24(14-16-25)28-12-8-9-18-39-28/h5-16,18,26-27,29-33,35,41,43H,17,19-22H2,1-4H3,(H,40,44)(H,42,47)(H,45,46)/t26-,27-,29-,30?,31+,32?,33+,35+/m0/s1. The first-order valence-corrected chi connectivity index (χ1v) is 17.1. The van der Waals surface area contributed by atoms with Gasteiger partial charge < -0.3 is 40.4 Å². The molecular formula is C38H48N4O8. The molecule has 0 spiro atoms. The van der Waals surface area contributed by atoms with Crippen LogP contribution in [0.4, 0.5) is 9.59 Å². The third-order valence-electron chi connectivity index (χ3n) is 9.71. The Morgan fingerprint density at radius 3 is 2.30 bits per heavy atom. The van der Waals surface area contributed by atoms with Crippen LogP contribution in [0.2, 0.25) is 0 Å². The summed E-state index contributed by atoms with van der Waals surface area (Å²) >= 11 is 0. The predicted octanol–water partition coefficient (Wildman–Crippen LogP) is 4.73. The van der Waals surface area contributed by atoms with Crippen molar-refractivity contribution in [2.75, 3.05) is 20.3 Å². The van der Waals surface area contributed by atoms with E-state index in [2.05, 4.69) is 20.9 Å². The van der Waals surface area contributed by atoms with E-state index >= 15 is 0 Å². The lowest BCUT2D eigenvalue weighted by Crippen LogP contribution is -2.58. The van der Waals surface area contributed by atoms with Crippen LogP contribution in [0.1, 0.15) is 50.7 Å². The van der Waals surface area contributed by atoms with Gasteiger partial charge in [-0.2, -0.15) is 0 Å². The third-order valence-corrected chi connectivity index (χ3v) is 9.71. The number of aromatic nitrogens is 1. The number of aliphatic hydroxyl groups excluding tert-OH is 1. The Bertz CT molecular complexity index is 1570. The molecule has 0 radical (unpaired) electrons. The molecule has 2 saturated heterocycles. The Morgan fingerprint density at radius 1 is 0.940 bits per heavy atom. The van der Waals surface area contributed by atoms with Crippen LogP contribution < -0.4 is 16.0 Å². The molecule has 8 atom stereocenters. The normalized spacial score (nSPS) is 21.6. The van der Waals surface area contributed by atoms with Gasteiger partial charge in [-0.3, -0.25) is 9.78 Å². The van der Waals surface area contributed by atoms with Crippen LogP contribution in [-0.4, -0.2) is 84.1 Å². The second kappa shape index (κ2) is 16.5. The van der Waals surface area contributed by atoms with Crippen LogP contribution in [-0.2, 0) is 25.4 Å². The van der Waals surface area contributed by atoms with Crippen molar-refractivity contribution in [1.82, 2.24) is 20.9 Å². The van der Waals surface area contributed by atoms with E-state index < -0.39 is 47.7 Å². The van der Waals surface area contributed by atoms with Gasteiger partial charge in [0.15, 0.2) is 6.29 Å². The number of methoxy groups -OCH3 is 1. The first-order chi connectivity index (χ1) is 23.9. The molecule has 12 nitrogen and oxygen atoms in total. The maximum Gasteiger partial charge on any atom is 0.407 e. The molecule has 12 heteroatoms. The zero-order valence-electron chi connectivity index (χ0n) is 29.0. The van der Waals surface area contributed by atoms with E-state index in [9.17, 15) is 24.6 Å². The maximum absolute atomic E-state index is 14.3. The highest BCUT2D eigenvalue weighted by Gasteiger charge is 2.49. The highest BCUT2D eigenvalue weighted by molar-refractivity contribution is 5.86. The van der Waals surface area contributed by atoms with E-state index in [1.807, 2.05) is 93.6 Å². The summed E-state index contributed by atoms with van der Waals surface area (Å²) < 4.78 is 16.9. The molecule has 0 bridgehead atoms. The highest BCUT2D eigenvalue weighted by atomic mass is 16.7. The fourth-order valence-electron chi connectivity index (χ4n) is 7.20. The number of ether oxygens (including phenoxy) is 3. The Labute approximate surface area is 292 Å². The number of nitrogens with zero attached hydrogens (tertiary/aromatic N) is 1. The molecule has 3 heterocycles. The summed E-state index contributed by atoms with van der Waals surface area (Å²) in [7, 11) is 1.24. The molecule has 0 saturated carbocycles. The second-order valence-corrected chi connectivity index (χ2v) is 14.2. The number of carboxylic acid groups (broad SMARTS) is 1. The molecule has 2 fully saturated rings. The average molecular weight is 689 g/mol. The molecule has 2 aromatic carbocycles. The number of benzene rings is 2. The lowest BCUT2D eigenvalue weighted by molar-refractivity contribution is -0.126. The summed E-state index contributed by atoms with van der Waals surface area (Å²) in [5.74, 6) is -0.915. The van der Waals surface area contributed by atoms with Crippen LogP contribution in [0.15, 0.2) is 79.0 Å². The third kappa shape index (κ3) is 9.17. The van der Waals surface area contributed by atoms with E-state index in [1.54, 1.807) is 6.20 Å². The molecule has 5 rings (SSSR count). The van der Waals surface area contributed by atoms with Crippen LogP contribution in [0.3, 0.4) is 0 Å². The number of hydrogen-bond acceptors (Lipinski definition) is 8. The highest BCUT2D eigenvalue weighted by Crippen LogP contribution is 2.45. The Kier molecular flexibility index (Phi) is 12.1. The van der Waals surface area contributed by atoms with E-state index in [1.165, 1.54) is 7.11 Å². The topological polar surface area (TPSA) is 168 Å². The largest absolute Gasteiger partial charge is 0.465 e. The van der Waals surface area contributed by atoms with Gasteiger partial charge in [0.05, 0.1) is 38.2 Å². The molecule has 0 aliphatic carbocycles. The zero-order chi connectivity index (χ0) is 35.8. The van der Waals surface area contributed by atoms with E-state index in [0.717, 1.165) is 28.8 Å². The van der Waals surface area contributed by atoms with Crippen LogP contribution in [0, 0.1) is 17.3 Å². The molecule has 50 heavy (non-hydrogen) atoms. The maximum atomic E-state index is 14.3. The number of hydrogen-bond donors (Lipinski definition) is 5. The van der Waals surface area contributed by atoms with Gasteiger partial charge in [-0.25, -0.2) is 9.59 Å². The lowest BCUT2D eigenvalue weighted by Gasteiger charge is -2.38. The van der Waals surface area contributed by atoms with Gasteiger partial charge in [0.25, 0.3) is 0 Å². The minimum atomic E-state index is -1.27. The quantitative estimate of drug-likeness (QED) is 0.171. The number of carbonyl (C=O) groups excluding carboxylic acids is 2. The number of fused-ring (bicyclic) bond motifs is 1. The van der Waals surface area contributed by atoms with E-state index in [0.29, 0.717) is 13.2 Å². The number of nitrogens with one attached hydrogen (secondary N) is 3. The van der Waals surface area contributed by atoms with Crippen molar-refractivity contribution in [3.63, 3.8) is 0 Å². The van der Waals surface area contributed by atoms with E-state index in [-0.39, 0.29) is 36.9 Å². The van der Waals surface area contributed by atoms with Gasteiger partial charge in [0, 0.05) is 29.6 Å². The summed E-state index contributed by atoms with van der Waals surface area (Å²) in [6.45, 7) is 6.43. The Morgan fingerprint density at radius 2 is 1.66 bits per heavy atom. The minimum Gasteiger partial charge on any atom is -0.465 e. The van der Waals surface area contributed by atoms with Crippen molar-refractivity contribution in [3.8, 4) is 11.3 Å². The zero-order valence-corrected chi connectivity index (χ0v) is 29.0. The van der Waals surface area contributed by atoms with Gasteiger partial charge in [0.2, 0.25) is 5.91 Å². The number of alkyl carbamates (subject to hydrolysis) is 1. The molecule has 3 amide bonds. The van der Waals surface area contributed by atoms with Crippen molar-refractivity contribution < 1.29 is 38.8 Å². The summed E-state index contributed by atoms with van der Waals surface area (Å²) in [4.78, 5) is 43.1. The van der Waals surface area contributed by atoms with Crippen molar-refractivity contribution in [2.24, 2.45) is 17.3 Å². The Balaban J connectivity index is 1.55. The average Bonchev–Trinajstić information content (AvgIpc) is 3.72. The van der Waals surface area contributed by atoms with Crippen LogP contribution in [0.5, 0.6) is 0 Å². The van der Waals surface area contributed by atoms with Gasteiger partial charge in [-0.1, -0.05) is 81.4 Å². The minimum absolute atomic E-state index is 0.00000995. The number of aliphatic hydroxyl groups is 1. The summed E-state index contributed by atoms with van der Waals surface area (Å²) in [5.41, 5.74) is 2.78. The van der Waals surface area contributed by atoms with Gasteiger partial charge in [0.1, 0.15) is 6.04 Å². The molecule has 2 unspecified atom stereocenters. The monoisotopic (exact) mass is 688 g/mol. The van der Waals surface area contributed by atoms with Gasteiger partial charge in [-0.05, 0) is 53.9 Å². The fourth-order valence-corrected chi connectivity index (χ4v) is 7.20. The molecule has 268 valence electrons. The van der Waals surface area contributed by atoms with Crippen LogP contribution in [0.25, 0.3) is 11.3 Å². The van der Waals surface area contributed by atoms with Gasteiger partial charge in [-0.15, -0.1) is 0 Å². The number of rotatable bonds is 13. The molecule has 1 aromatic heterocycles. The second-order valence-electron chi connectivity index (χ2n) is 14.2. The molecule has 2 aliphatic heterocycles. The smallest absolute Gasteiger partial charge is 0.407 e. The predicted molar refractivity (Wildman–Crippen MR) is 186 cm³/mol. The fraction of sp³-hybridized carbons (Fsp3) is 0.474. The molecular weight excluding hydrogens is 640 g/mol. The van der Waals surface area contributed by atoms with Crippen molar-refractivity contribution in [3.05, 3.63) is 90.1 Å². The molecule has 5 N–H and O–H groups in total. The van der Waals surface area contributed by atoms with Crippen molar-refractivity contribution in [1.29, 1.82) is 0 Å². The summed E-state index contributed by atoms with van der Waals surface area (Å²) in [6, 6.07) is 20.4. The summed E-state index contributed by atoms with van der Waals surface area (Å²) in [5, 5.41) is 30.0. The SMILES string of the molecule is COC(=O)N[C@H](C(=O)NC(C[C@@H](O)[C@H](Cc1ccccc1)NC(=O)O)C(c1ccc(-c2ccccn2)cc1)[C@H]1CO[C@H]2OCC[C@H]21)C(C)(C)C. The van der Waals surface area contributed by atoms with Gasteiger partial charge >= 0.3 is 12.2 Å². The van der Waals surface area contributed by atoms with Crippen LogP contribution >= 0.6 is 0 Å².